The van der Waals surface area contributed by atoms with E-state index in [1.807, 2.05) is 30.3 Å². The van der Waals surface area contributed by atoms with Gasteiger partial charge < -0.3 is 5.73 Å². The summed E-state index contributed by atoms with van der Waals surface area (Å²) in [5.74, 6) is 0. The summed E-state index contributed by atoms with van der Waals surface area (Å²) in [6.07, 6.45) is 1.75. The molecule has 3 nitrogen and oxygen atoms in total. The van der Waals surface area contributed by atoms with Crippen molar-refractivity contribution in [3.63, 3.8) is 0 Å². The molecule has 3 rings (SSSR count). The molecule has 0 bridgehead atoms. The van der Waals surface area contributed by atoms with Crippen molar-refractivity contribution in [3.05, 3.63) is 54.2 Å². The van der Waals surface area contributed by atoms with Gasteiger partial charge in [-0.05, 0) is 48.5 Å². The van der Waals surface area contributed by atoms with Crippen molar-refractivity contribution >= 4 is 28.4 Å². The second kappa shape index (κ2) is 4.90. The quantitative estimate of drug-likeness (QED) is 0.769. The third-order valence-corrected chi connectivity index (χ3v) is 4.00. The lowest BCUT2D eigenvalue weighted by Crippen LogP contribution is -1.93. The van der Waals surface area contributed by atoms with Crippen LogP contribution < -0.4 is 5.73 Å². The molecule has 2 aromatic heterocycles. The normalized spacial score (nSPS) is 10.8. The summed E-state index contributed by atoms with van der Waals surface area (Å²) in [7, 11) is 0. The van der Waals surface area contributed by atoms with E-state index in [0.29, 0.717) is 5.69 Å². The Morgan fingerprint density at radius 2 is 1.89 bits per heavy atom. The van der Waals surface area contributed by atoms with Gasteiger partial charge in [-0.15, -0.1) is 0 Å². The molecule has 4 heteroatoms. The molecule has 0 fully saturated rings. The molecular weight excluding hydrogens is 254 g/mol. The number of para-hydroxylation sites is 1. The number of aromatic nitrogens is 2. The summed E-state index contributed by atoms with van der Waals surface area (Å²) in [5.41, 5.74) is 8.73. The largest absolute Gasteiger partial charge is 0.397 e. The Morgan fingerprint density at radius 1 is 1.05 bits per heavy atom. The molecule has 0 aliphatic carbocycles. The lowest BCUT2D eigenvalue weighted by Gasteiger charge is -2.07. The third kappa shape index (κ3) is 2.39. The maximum absolute atomic E-state index is 5.92. The zero-order valence-electron chi connectivity index (χ0n) is 10.5. The minimum absolute atomic E-state index is 0.682. The van der Waals surface area contributed by atoms with Crippen LogP contribution in [-0.4, -0.2) is 9.97 Å². The summed E-state index contributed by atoms with van der Waals surface area (Å²) in [4.78, 5) is 8.97. The number of hydrogen-bond acceptors (Lipinski definition) is 4. The lowest BCUT2D eigenvalue weighted by atomic mass is 10.2. The van der Waals surface area contributed by atoms with Gasteiger partial charge in [0.25, 0.3) is 0 Å². The highest BCUT2D eigenvalue weighted by Crippen LogP contribution is 2.32. The molecule has 0 saturated heterocycles. The monoisotopic (exact) mass is 267 g/mol. The van der Waals surface area contributed by atoms with Crippen LogP contribution in [0.3, 0.4) is 0 Å². The van der Waals surface area contributed by atoms with Gasteiger partial charge in [0.15, 0.2) is 0 Å². The molecule has 94 valence electrons. The average molecular weight is 267 g/mol. The Balaban J connectivity index is 2.06. The maximum Gasteiger partial charge on any atom is 0.125 e. The van der Waals surface area contributed by atoms with E-state index in [1.165, 1.54) is 11.8 Å². The molecular formula is C15H13N3S. The van der Waals surface area contributed by atoms with Gasteiger partial charge in [0.1, 0.15) is 10.1 Å². The Labute approximate surface area is 115 Å². The lowest BCUT2D eigenvalue weighted by molar-refractivity contribution is 1.09. The van der Waals surface area contributed by atoms with Gasteiger partial charge in [0.05, 0.1) is 11.2 Å². The minimum atomic E-state index is 0.682. The van der Waals surface area contributed by atoms with Gasteiger partial charge in [-0.1, -0.05) is 18.2 Å². The van der Waals surface area contributed by atoms with Crippen LogP contribution in [0.25, 0.3) is 10.9 Å². The van der Waals surface area contributed by atoms with E-state index in [0.717, 1.165) is 26.5 Å². The van der Waals surface area contributed by atoms with E-state index in [2.05, 4.69) is 29.0 Å². The van der Waals surface area contributed by atoms with Crippen molar-refractivity contribution in [3.8, 4) is 0 Å². The van der Waals surface area contributed by atoms with Gasteiger partial charge in [-0.3, -0.25) is 0 Å². The number of hydrogen-bond donors (Lipinski definition) is 1. The van der Waals surface area contributed by atoms with Crippen molar-refractivity contribution in [1.82, 2.24) is 9.97 Å². The number of rotatable bonds is 2. The van der Waals surface area contributed by atoms with Crippen LogP contribution in [0.4, 0.5) is 5.69 Å². The molecule has 0 saturated carbocycles. The summed E-state index contributed by atoms with van der Waals surface area (Å²) >= 11 is 1.51. The van der Waals surface area contributed by atoms with E-state index in [9.17, 15) is 0 Å². The Bertz CT molecular complexity index is 740. The first-order chi connectivity index (χ1) is 9.24. The van der Waals surface area contributed by atoms with Crippen LogP contribution in [-0.2, 0) is 0 Å². The van der Waals surface area contributed by atoms with E-state index in [4.69, 9.17) is 5.73 Å². The fourth-order valence-corrected chi connectivity index (χ4v) is 2.73. The SMILES string of the molecule is Cc1cc2ccccc2nc1Sc1ncccc1N. The minimum Gasteiger partial charge on any atom is -0.397 e. The number of pyridine rings is 2. The van der Waals surface area contributed by atoms with Crippen LogP contribution in [0, 0.1) is 6.92 Å². The van der Waals surface area contributed by atoms with Crippen molar-refractivity contribution < 1.29 is 0 Å². The molecule has 19 heavy (non-hydrogen) atoms. The second-order valence-electron chi connectivity index (χ2n) is 4.30. The van der Waals surface area contributed by atoms with E-state index >= 15 is 0 Å². The fourth-order valence-electron chi connectivity index (χ4n) is 1.89. The molecule has 0 amide bonds. The molecule has 3 aromatic rings. The van der Waals surface area contributed by atoms with Crippen LogP contribution >= 0.6 is 11.8 Å². The first-order valence-electron chi connectivity index (χ1n) is 5.99. The third-order valence-electron chi connectivity index (χ3n) is 2.86. The van der Waals surface area contributed by atoms with E-state index in [1.54, 1.807) is 6.20 Å². The molecule has 0 aliphatic rings. The van der Waals surface area contributed by atoms with E-state index in [-0.39, 0.29) is 0 Å². The Hall–Kier alpha value is -2.07. The van der Waals surface area contributed by atoms with Crippen LogP contribution in [0.15, 0.2) is 58.7 Å². The summed E-state index contributed by atoms with van der Waals surface area (Å²) < 4.78 is 0. The number of nitrogen functional groups attached to an aromatic ring is 1. The maximum atomic E-state index is 5.92. The number of nitrogens with zero attached hydrogens (tertiary/aromatic N) is 2. The molecule has 0 atom stereocenters. The zero-order chi connectivity index (χ0) is 13.2. The first kappa shape index (κ1) is 12.0. The molecule has 1 aromatic carbocycles. The number of aryl methyl sites for hydroxylation is 1. The van der Waals surface area contributed by atoms with Crippen LogP contribution in [0.1, 0.15) is 5.56 Å². The smallest absolute Gasteiger partial charge is 0.125 e. The van der Waals surface area contributed by atoms with Crippen molar-refractivity contribution in [2.45, 2.75) is 17.0 Å². The molecule has 0 aliphatic heterocycles. The predicted molar refractivity (Wildman–Crippen MR) is 79.3 cm³/mol. The summed E-state index contributed by atoms with van der Waals surface area (Å²) in [6.45, 7) is 2.06. The van der Waals surface area contributed by atoms with Gasteiger partial charge in [-0.2, -0.15) is 0 Å². The topological polar surface area (TPSA) is 51.8 Å². The fraction of sp³-hybridized carbons (Fsp3) is 0.0667. The molecule has 0 unspecified atom stereocenters. The molecule has 2 heterocycles. The van der Waals surface area contributed by atoms with Crippen LogP contribution in [0.2, 0.25) is 0 Å². The van der Waals surface area contributed by atoms with Gasteiger partial charge >= 0.3 is 0 Å². The number of anilines is 1. The average Bonchev–Trinajstić information content (AvgIpc) is 2.42. The van der Waals surface area contributed by atoms with E-state index < -0.39 is 0 Å². The summed E-state index contributed by atoms with van der Waals surface area (Å²) in [5, 5.41) is 2.90. The summed E-state index contributed by atoms with van der Waals surface area (Å²) in [6, 6.07) is 13.9. The standard InChI is InChI=1S/C15H13N3S/c1-10-9-11-5-2-3-7-13(11)18-14(10)19-15-12(16)6-4-8-17-15/h2-9H,16H2,1H3. The predicted octanol–water partition coefficient (Wildman–Crippen LogP) is 3.67. The van der Waals surface area contributed by atoms with Gasteiger partial charge in [0, 0.05) is 11.6 Å². The highest BCUT2D eigenvalue weighted by atomic mass is 32.2. The second-order valence-corrected chi connectivity index (χ2v) is 5.28. The van der Waals surface area contributed by atoms with Crippen molar-refractivity contribution in [2.75, 3.05) is 5.73 Å². The highest BCUT2D eigenvalue weighted by Gasteiger charge is 2.08. The Kier molecular flexibility index (Phi) is 3.09. The highest BCUT2D eigenvalue weighted by molar-refractivity contribution is 7.99. The van der Waals surface area contributed by atoms with Crippen molar-refractivity contribution in [2.24, 2.45) is 0 Å². The first-order valence-corrected chi connectivity index (χ1v) is 6.80. The number of nitrogens with two attached hydrogens (primary N) is 1. The molecule has 0 radical (unpaired) electrons. The van der Waals surface area contributed by atoms with Crippen LogP contribution in [0.5, 0.6) is 0 Å². The molecule has 2 N–H and O–H groups in total. The van der Waals surface area contributed by atoms with Crippen molar-refractivity contribution in [1.29, 1.82) is 0 Å². The van der Waals surface area contributed by atoms with Gasteiger partial charge in [0.2, 0.25) is 0 Å². The number of benzene rings is 1. The zero-order valence-corrected chi connectivity index (χ0v) is 11.3. The van der Waals surface area contributed by atoms with Gasteiger partial charge in [-0.25, -0.2) is 9.97 Å². The Morgan fingerprint density at radius 3 is 2.74 bits per heavy atom. The molecule has 0 spiro atoms. The number of fused-ring (bicyclic) bond motifs is 1.